The molecule has 10 heteroatoms. The number of carbonyl (C=O) groups is 1. The van der Waals surface area contributed by atoms with Crippen molar-refractivity contribution in [1.29, 1.82) is 0 Å². The second-order valence-electron chi connectivity index (χ2n) is 7.90. The summed E-state index contributed by atoms with van der Waals surface area (Å²) < 4.78 is 40.3. The van der Waals surface area contributed by atoms with Gasteiger partial charge < -0.3 is 20.2 Å². The number of anilines is 1. The molecule has 0 aliphatic heterocycles. The summed E-state index contributed by atoms with van der Waals surface area (Å²) in [5.74, 6) is -1.06. The van der Waals surface area contributed by atoms with Gasteiger partial charge in [0.05, 0.1) is 23.9 Å². The Morgan fingerprint density at radius 2 is 1.61 bits per heavy atom. The molecule has 5 aromatic rings. The highest BCUT2D eigenvalue weighted by Gasteiger charge is 2.20. The van der Waals surface area contributed by atoms with Gasteiger partial charge in [-0.25, -0.2) is 28.5 Å². The molecule has 36 heavy (non-hydrogen) atoms. The number of H-pyrrole nitrogens is 1. The molecule has 0 amide bonds. The van der Waals surface area contributed by atoms with Crippen molar-refractivity contribution in [3.05, 3.63) is 83.7 Å². The molecule has 0 fully saturated rings. The minimum atomic E-state index is -1.07. The van der Waals surface area contributed by atoms with Gasteiger partial charge in [-0.1, -0.05) is 0 Å². The van der Waals surface area contributed by atoms with Gasteiger partial charge in [-0.15, -0.1) is 0 Å². The molecule has 0 aliphatic rings. The van der Waals surface area contributed by atoms with Crippen molar-refractivity contribution < 1.29 is 23.0 Å². The number of benzene rings is 3. The van der Waals surface area contributed by atoms with Gasteiger partial charge in [-0.3, -0.25) is 0 Å². The van der Waals surface area contributed by atoms with Crippen LogP contribution in [-0.4, -0.2) is 33.0 Å². The number of imidazole rings is 1. The van der Waals surface area contributed by atoms with Crippen molar-refractivity contribution in [3.63, 3.8) is 0 Å². The summed E-state index contributed by atoms with van der Waals surface area (Å²) in [6.45, 7) is 1.64. The molecule has 2 heterocycles. The lowest BCUT2D eigenvalue weighted by atomic mass is 10.0. The fourth-order valence-electron chi connectivity index (χ4n) is 3.76. The summed E-state index contributed by atoms with van der Waals surface area (Å²) >= 11 is 0. The molecule has 2 aromatic heterocycles. The van der Waals surface area contributed by atoms with E-state index in [1.54, 1.807) is 55.5 Å². The summed E-state index contributed by atoms with van der Waals surface area (Å²) in [5.41, 5.74) is 7.60. The van der Waals surface area contributed by atoms with E-state index in [2.05, 4.69) is 24.7 Å². The number of nitrogen functional groups attached to an aromatic ring is 1. The lowest BCUT2D eigenvalue weighted by Crippen LogP contribution is -2.00. The molecule has 0 spiro atoms. The van der Waals surface area contributed by atoms with E-state index >= 15 is 0 Å². The summed E-state index contributed by atoms with van der Waals surface area (Å²) in [6.07, 6.45) is 1.36. The first kappa shape index (κ1) is 22.9. The summed E-state index contributed by atoms with van der Waals surface area (Å²) in [5, 5.41) is 0. The predicted octanol–water partition coefficient (Wildman–Crippen LogP) is 5.43. The predicted molar refractivity (Wildman–Crippen MR) is 129 cm³/mol. The standard InChI is InChI=1S/C26H19F2N5O3/c1-13-19(12-30-26(29)31-13)18-11-20-23(22(28)21(18)27)33-24(32-20)14-3-7-16(8-4-14)36-17-9-5-15(6-10-17)25(34)35-2/h3-12H,1-2H3,(H,32,33)(H2,29,30,31). The Bertz CT molecular complexity index is 1600. The maximum Gasteiger partial charge on any atom is 0.337 e. The number of carbonyl (C=O) groups excluding carboxylic acids is 1. The SMILES string of the molecule is COC(=O)c1ccc(Oc2ccc(-c3nc4c(F)c(F)c(-c5cnc(N)nc5C)cc4[nH]3)cc2)cc1. The van der Waals surface area contributed by atoms with Crippen LogP contribution in [0.3, 0.4) is 0 Å². The van der Waals surface area contributed by atoms with Gasteiger partial charge in [-0.2, -0.15) is 0 Å². The van der Waals surface area contributed by atoms with Crippen molar-refractivity contribution in [1.82, 2.24) is 19.9 Å². The second kappa shape index (κ2) is 9.06. The molecule has 3 aromatic carbocycles. The van der Waals surface area contributed by atoms with Gasteiger partial charge in [-0.05, 0) is 61.5 Å². The van der Waals surface area contributed by atoms with Crippen LogP contribution in [0.4, 0.5) is 14.7 Å². The minimum absolute atomic E-state index is 0.00895. The smallest absolute Gasteiger partial charge is 0.337 e. The number of nitrogens with two attached hydrogens (primary N) is 1. The number of esters is 1. The molecule has 0 saturated carbocycles. The Morgan fingerprint density at radius 1 is 0.944 bits per heavy atom. The van der Waals surface area contributed by atoms with Crippen molar-refractivity contribution in [2.24, 2.45) is 0 Å². The third-order valence-electron chi connectivity index (χ3n) is 5.58. The van der Waals surface area contributed by atoms with Gasteiger partial charge in [0.1, 0.15) is 22.8 Å². The Labute approximate surface area is 203 Å². The molecular weight excluding hydrogens is 468 g/mol. The molecule has 0 radical (unpaired) electrons. The Hall–Kier alpha value is -4.86. The number of nitrogens with one attached hydrogen (secondary N) is 1. The van der Waals surface area contributed by atoms with Gasteiger partial charge in [0.15, 0.2) is 11.6 Å². The van der Waals surface area contributed by atoms with E-state index < -0.39 is 17.6 Å². The molecule has 180 valence electrons. The van der Waals surface area contributed by atoms with E-state index in [0.717, 1.165) is 0 Å². The average molecular weight is 487 g/mol. The fourth-order valence-corrected chi connectivity index (χ4v) is 3.76. The third-order valence-corrected chi connectivity index (χ3v) is 5.58. The highest BCUT2D eigenvalue weighted by atomic mass is 19.2. The van der Waals surface area contributed by atoms with Crippen LogP contribution in [0.15, 0.2) is 60.8 Å². The number of ether oxygens (including phenoxy) is 2. The highest BCUT2D eigenvalue weighted by Crippen LogP contribution is 2.33. The summed E-state index contributed by atoms with van der Waals surface area (Å²) in [4.78, 5) is 26.8. The molecular formula is C26H19F2N5O3. The molecule has 3 N–H and O–H groups in total. The average Bonchev–Trinajstić information content (AvgIpc) is 3.31. The number of rotatable bonds is 5. The van der Waals surface area contributed by atoms with Crippen LogP contribution in [0.2, 0.25) is 0 Å². The quantitative estimate of drug-likeness (QED) is 0.317. The van der Waals surface area contributed by atoms with Crippen LogP contribution >= 0.6 is 0 Å². The van der Waals surface area contributed by atoms with Crippen LogP contribution in [0, 0.1) is 18.6 Å². The first-order valence-corrected chi connectivity index (χ1v) is 10.8. The van der Waals surface area contributed by atoms with Gasteiger partial charge >= 0.3 is 5.97 Å². The number of aryl methyl sites for hydroxylation is 1. The summed E-state index contributed by atoms with van der Waals surface area (Å²) in [7, 11) is 1.32. The van der Waals surface area contributed by atoms with Crippen LogP contribution < -0.4 is 10.5 Å². The van der Waals surface area contributed by atoms with E-state index in [0.29, 0.717) is 45.2 Å². The molecule has 0 aliphatic carbocycles. The van der Waals surface area contributed by atoms with Crippen molar-refractivity contribution in [2.75, 3.05) is 12.8 Å². The maximum atomic E-state index is 14.9. The number of fused-ring (bicyclic) bond motifs is 1. The number of halogens is 2. The Kier molecular flexibility index (Phi) is 5.77. The largest absolute Gasteiger partial charge is 0.465 e. The highest BCUT2D eigenvalue weighted by molar-refractivity contribution is 5.89. The first-order valence-electron chi connectivity index (χ1n) is 10.8. The molecule has 0 atom stereocenters. The van der Waals surface area contributed by atoms with Crippen LogP contribution in [0.1, 0.15) is 16.1 Å². The van der Waals surface area contributed by atoms with Crippen molar-refractivity contribution in [2.45, 2.75) is 6.92 Å². The van der Waals surface area contributed by atoms with Crippen LogP contribution in [0.25, 0.3) is 33.5 Å². The zero-order valence-electron chi connectivity index (χ0n) is 19.2. The fraction of sp³-hybridized carbons (Fsp3) is 0.0769. The first-order chi connectivity index (χ1) is 17.3. The van der Waals surface area contributed by atoms with E-state index in [1.807, 2.05) is 0 Å². The number of nitrogens with zero attached hydrogens (tertiary/aromatic N) is 3. The second-order valence-corrected chi connectivity index (χ2v) is 7.90. The lowest BCUT2D eigenvalue weighted by Gasteiger charge is -2.07. The maximum absolute atomic E-state index is 14.9. The van der Waals surface area contributed by atoms with Gasteiger partial charge in [0, 0.05) is 22.9 Å². The molecule has 0 unspecified atom stereocenters. The Balaban J connectivity index is 1.42. The van der Waals surface area contributed by atoms with E-state index in [-0.39, 0.29) is 17.0 Å². The zero-order valence-corrected chi connectivity index (χ0v) is 19.2. The lowest BCUT2D eigenvalue weighted by molar-refractivity contribution is 0.0600. The number of hydrogen-bond donors (Lipinski definition) is 2. The number of aromatic amines is 1. The molecule has 0 bridgehead atoms. The molecule has 0 saturated heterocycles. The monoisotopic (exact) mass is 487 g/mol. The topological polar surface area (TPSA) is 116 Å². The summed E-state index contributed by atoms with van der Waals surface area (Å²) in [6, 6.07) is 14.9. The van der Waals surface area contributed by atoms with Gasteiger partial charge in [0.2, 0.25) is 5.95 Å². The minimum Gasteiger partial charge on any atom is -0.465 e. The van der Waals surface area contributed by atoms with Gasteiger partial charge in [0.25, 0.3) is 0 Å². The molecule has 5 rings (SSSR count). The van der Waals surface area contributed by atoms with E-state index in [4.69, 9.17) is 10.5 Å². The van der Waals surface area contributed by atoms with Crippen LogP contribution in [-0.2, 0) is 4.74 Å². The van der Waals surface area contributed by atoms with Crippen molar-refractivity contribution in [3.8, 4) is 34.0 Å². The third kappa shape index (κ3) is 4.20. The zero-order chi connectivity index (χ0) is 25.4. The number of aromatic nitrogens is 4. The van der Waals surface area contributed by atoms with E-state index in [1.165, 1.54) is 19.4 Å². The normalized spacial score (nSPS) is 11.0. The van der Waals surface area contributed by atoms with E-state index in [9.17, 15) is 13.6 Å². The Morgan fingerprint density at radius 3 is 2.25 bits per heavy atom. The number of hydrogen-bond acceptors (Lipinski definition) is 7. The number of methoxy groups -OCH3 is 1. The van der Waals surface area contributed by atoms with Crippen LogP contribution in [0.5, 0.6) is 11.5 Å². The van der Waals surface area contributed by atoms with Crippen molar-refractivity contribution >= 4 is 23.0 Å². The molecule has 8 nitrogen and oxygen atoms in total.